The highest BCUT2D eigenvalue weighted by Crippen LogP contribution is 2.31. The average molecular weight is 260 g/mol. The SMILES string of the molecule is Cc1ccc2c(c1)C(NCC(=O)NC(C)(C)C)CC2. The smallest absolute Gasteiger partial charge is 0.234 e. The van der Waals surface area contributed by atoms with Crippen LogP contribution in [0.25, 0.3) is 0 Å². The number of nitrogens with one attached hydrogen (secondary N) is 2. The van der Waals surface area contributed by atoms with Gasteiger partial charge in [-0.15, -0.1) is 0 Å². The molecule has 104 valence electrons. The van der Waals surface area contributed by atoms with Crippen LogP contribution in [0.1, 0.15) is 49.9 Å². The van der Waals surface area contributed by atoms with Crippen molar-refractivity contribution >= 4 is 5.91 Å². The Morgan fingerprint density at radius 1 is 1.37 bits per heavy atom. The molecule has 1 amide bonds. The zero-order valence-electron chi connectivity index (χ0n) is 12.3. The third kappa shape index (κ3) is 3.80. The van der Waals surface area contributed by atoms with E-state index in [4.69, 9.17) is 0 Å². The first kappa shape index (κ1) is 14.1. The van der Waals surface area contributed by atoms with Crippen molar-refractivity contribution < 1.29 is 4.79 Å². The standard InChI is InChI=1S/C16H24N2O/c1-11-5-6-12-7-8-14(13(12)9-11)17-10-15(19)18-16(2,3)4/h5-6,9,14,17H,7-8,10H2,1-4H3,(H,18,19). The minimum atomic E-state index is -0.164. The summed E-state index contributed by atoms with van der Waals surface area (Å²) in [5, 5.41) is 6.35. The first-order valence-corrected chi connectivity index (χ1v) is 6.99. The van der Waals surface area contributed by atoms with E-state index in [1.807, 2.05) is 20.8 Å². The first-order valence-electron chi connectivity index (χ1n) is 6.99. The molecular weight excluding hydrogens is 236 g/mol. The number of amides is 1. The van der Waals surface area contributed by atoms with E-state index in [0.29, 0.717) is 12.6 Å². The maximum absolute atomic E-state index is 11.8. The van der Waals surface area contributed by atoms with Crippen molar-refractivity contribution in [1.29, 1.82) is 0 Å². The Kier molecular flexibility index (Phi) is 3.95. The van der Waals surface area contributed by atoms with Gasteiger partial charge < -0.3 is 10.6 Å². The van der Waals surface area contributed by atoms with Crippen molar-refractivity contribution in [2.45, 2.75) is 52.1 Å². The molecule has 3 nitrogen and oxygen atoms in total. The van der Waals surface area contributed by atoms with E-state index in [0.717, 1.165) is 12.8 Å². The van der Waals surface area contributed by atoms with Crippen LogP contribution < -0.4 is 10.6 Å². The number of carbonyl (C=O) groups is 1. The lowest BCUT2D eigenvalue weighted by molar-refractivity contribution is -0.121. The van der Waals surface area contributed by atoms with Crippen LogP contribution >= 0.6 is 0 Å². The summed E-state index contributed by atoms with van der Waals surface area (Å²) in [5.41, 5.74) is 3.90. The van der Waals surface area contributed by atoms with E-state index >= 15 is 0 Å². The van der Waals surface area contributed by atoms with Gasteiger partial charge in [0.1, 0.15) is 0 Å². The number of carbonyl (C=O) groups excluding carboxylic acids is 1. The Hall–Kier alpha value is -1.35. The van der Waals surface area contributed by atoms with Crippen molar-refractivity contribution in [3.05, 3.63) is 34.9 Å². The lowest BCUT2D eigenvalue weighted by Crippen LogP contribution is -2.45. The summed E-state index contributed by atoms with van der Waals surface area (Å²) in [6.07, 6.45) is 2.19. The van der Waals surface area contributed by atoms with Gasteiger partial charge in [-0.05, 0) is 51.7 Å². The van der Waals surface area contributed by atoms with E-state index in [1.54, 1.807) is 0 Å². The normalized spacial score (nSPS) is 18.2. The van der Waals surface area contributed by atoms with Gasteiger partial charge in [0.05, 0.1) is 6.54 Å². The first-order chi connectivity index (χ1) is 8.85. The predicted molar refractivity (Wildman–Crippen MR) is 78.1 cm³/mol. The molecule has 1 aromatic rings. The molecule has 0 heterocycles. The van der Waals surface area contributed by atoms with Crippen LogP contribution in [0.2, 0.25) is 0 Å². The summed E-state index contributed by atoms with van der Waals surface area (Å²) in [4.78, 5) is 11.8. The van der Waals surface area contributed by atoms with Crippen molar-refractivity contribution in [2.75, 3.05) is 6.54 Å². The second-order valence-corrected chi connectivity index (χ2v) is 6.47. The fourth-order valence-electron chi connectivity index (χ4n) is 2.61. The second kappa shape index (κ2) is 5.33. The lowest BCUT2D eigenvalue weighted by Gasteiger charge is -2.22. The molecule has 0 saturated heterocycles. The van der Waals surface area contributed by atoms with Crippen LogP contribution in [0.3, 0.4) is 0 Å². The Balaban J connectivity index is 1.93. The maximum Gasteiger partial charge on any atom is 0.234 e. The Morgan fingerprint density at radius 3 is 2.79 bits per heavy atom. The summed E-state index contributed by atoms with van der Waals surface area (Å²) >= 11 is 0. The number of hydrogen-bond donors (Lipinski definition) is 2. The predicted octanol–water partition coefficient (Wildman–Crippen LogP) is 2.49. The number of aryl methyl sites for hydroxylation is 2. The van der Waals surface area contributed by atoms with Gasteiger partial charge in [0, 0.05) is 11.6 Å². The van der Waals surface area contributed by atoms with Gasteiger partial charge in [0.25, 0.3) is 0 Å². The van der Waals surface area contributed by atoms with Gasteiger partial charge in [0.2, 0.25) is 5.91 Å². The zero-order chi connectivity index (χ0) is 14.0. The molecule has 1 aromatic carbocycles. The summed E-state index contributed by atoms with van der Waals surface area (Å²) in [6, 6.07) is 6.93. The van der Waals surface area contributed by atoms with Gasteiger partial charge >= 0.3 is 0 Å². The molecule has 0 aromatic heterocycles. The summed E-state index contributed by atoms with van der Waals surface area (Å²) in [5.74, 6) is 0.0635. The van der Waals surface area contributed by atoms with Gasteiger partial charge in [-0.1, -0.05) is 23.8 Å². The molecule has 19 heavy (non-hydrogen) atoms. The molecule has 1 aliphatic carbocycles. The monoisotopic (exact) mass is 260 g/mol. The fraction of sp³-hybridized carbons (Fsp3) is 0.562. The van der Waals surface area contributed by atoms with Crippen LogP contribution in [0, 0.1) is 6.92 Å². The Labute approximate surface area is 115 Å². The van der Waals surface area contributed by atoms with Gasteiger partial charge in [-0.2, -0.15) is 0 Å². The molecule has 1 unspecified atom stereocenters. The molecule has 1 aliphatic rings. The molecule has 0 saturated carbocycles. The molecule has 2 N–H and O–H groups in total. The molecule has 2 rings (SSSR count). The summed E-state index contributed by atoms with van der Waals surface area (Å²) in [7, 11) is 0. The van der Waals surface area contributed by atoms with Crippen molar-refractivity contribution in [1.82, 2.24) is 10.6 Å². The van der Waals surface area contributed by atoms with Crippen LogP contribution in [0.15, 0.2) is 18.2 Å². The third-order valence-electron chi connectivity index (χ3n) is 3.40. The molecule has 0 bridgehead atoms. The quantitative estimate of drug-likeness (QED) is 0.876. The molecule has 3 heteroatoms. The molecule has 0 aliphatic heterocycles. The molecule has 0 fully saturated rings. The minimum Gasteiger partial charge on any atom is -0.350 e. The number of benzene rings is 1. The van der Waals surface area contributed by atoms with E-state index in [9.17, 15) is 4.79 Å². The van der Waals surface area contributed by atoms with Crippen molar-refractivity contribution in [3.63, 3.8) is 0 Å². The Morgan fingerprint density at radius 2 is 2.11 bits per heavy atom. The Bertz CT molecular complexity index is 474. The molecule has 1 atom stereocenters. The fourth-order valence-corrected chi connectivity index (χ4v) is 2.61. The topological polar surface area (TPSA) is 41.1 Å². The van der Waals surface area contributed by atoms with E-state index in [1.165, 1.54) is 16.7 Å². The summed E-state index contributed by atoms with van der Waals surface area (Å²) < 4.78 is 0. The molecule has 0 radical (unpaired) electrons. The van der Waals surface area contributed by atoms with Crippen LogP contribution in [0.4, 0.5) is 0 Å². The maximum atomic E-state index is 11.8. The van der Waals surface area contributed by atoms with E-state index in [2.05, 4.69) is 35.8 Å². The van der Waals surface area contributed by atoms with Crippen molar-refractivity contribution in [2.24, 2.45) is 0 Å². The number of hydrogen-bond acceptors (Lipinski definition) is 2. The zero-order valence-corrected chi connectivity index (χ0v) is 12.3. The van der Waals surface area contributed by atoms with Gasteiger partial charge in [0.15, 0.2) is 0 Å². The van der Waals surface area contributed by atoms with Crippen LogP contribution in [-0.2, 0) is 11.2 Å². The number of rotatable bonds is 3. The molecular formula is C16H24N2O. The highest BCUT2D eigenvalue weighted by molar-refractivity contribution is 5.78. The second-order valence-electron chi connectivity index (χ2n) is 6.47. The largest absolute Gasteiger partial charge is 0.350 e. The van der Waals surface area contributed by atoms with Crippen LogP contribution in [0.5, 0.6) is 0 Å². The number of fused-ring (bicyclic) bond motifs is 1. The highest BCUT2D eigenvalue weighted by Gasteiger charge is 2.23. The van der Waals surface area contributed by atoms with Crippen molar-refractivity contribution in [3.8, 4) is 0 Å². The highest BCUT2D eigenvalue weighted by atomic mass is 16.2. The van der Waals surface area contributed by atoms with Gasteiger partial charge in [-0.3, -0.25) is 4.79 Å². The average Bonchev–Trinajstić information content (AvgIpc) is 2.66. The van der Waals surface area contributed by atoms with Crippen LogP contribution in [-0.4, -0.2) is 18.0 Å². The van der Waals surface area contributed by atoms with E-state index in [-0.39, 0.29) is 11.4 Å². The third-order valence-corrected chi connectivity index (χ3v) is 3.40. The lowest BCUT2D eigenvalue weighted by atomic mass is 10.1. The molecule has 0 spiro atoms. The van der Waals surface area contributed by atoms with E-state index < -0.39 is 0 Å². The minimum absolute atomic E-state index is 0.0635. The summed E-state index contributed by atoms with van der Waals surface area (Å²) in [6.45, 7) is 8.49. The van der Waals surface area contributed by atoms with Gasteiger partial charge in [-0.25, -0.2) is 0 Å².